The summed E-state index contributed by atoms with van der Waals surface area (Å²) in [6, 6.07) is 16.7. The van der Waals surface area contributed by atoms with Gasteiger partial charge in [0.05, 0.1) is 12.1 Å². The standard InChI is InChI=1S/C21H19NO5/c1-3-25-21(24)20-19(27-14(2)23)12-16-11-17(9-10-18(16)22-20)26-13-15-7-5-4-6-8-15/h4-12H,3,13H2,1-2H3. The molecule has 138 valence electrons. The van der Waals surface area contributed by atoms with E-state index in [0.29, 0.717) is 23.3 Å². The Morgan fingerprint density at radius 1 is 1.04 bits per heavy atom. The molecule has 0 saturated carbocycles. The molecule has 3 aromatic rings. The number of carbonyl (C=O) groups is 2. The van der Waals surface area contributed by atoms with Crippen molar-refractivity contribution < 1.29 is 23.8 Å². The predicted octanol–water partition coefficient (Wildman–Crippen LogP) is 3.92. The number of ether oxygens (including phenoxy) is 3. The van der Waals surface area contributed by atoms with Gasteiger partial charge in [0.25, 0.3) is 0 Å². The first-order valence-electron chi connectivity index (χ1n) is 8.54. The van der Waals surface area contributed by atoms with Crippen LogP contribution in [-0.4, -0.2) is 23.5 Å². The van der Waals surface area contributed by atoms with Crippen molar-refractivity contribution in [1.29, 1.82) is 0 Å². The van der Waals surface area contributed by atoms with Crippen molar-refractivity contribution in [2.45, 2.75) is 20.5 Å². The molecule has 27 heavy (non-hydrogen) atoms. The lowest BCUT2D eigenvalue weighted by molar-refractivity contribution is -0.131. The number of pyridine rings is 1. The van der Waals surface area contributed by atoms with Crippen molar-refractivity contribution in [2.24, 2.45) is 0 Å². The summed E-state index contributed by atoms with van der Waals surface area (Å²) in [5.41, 5.74) is 1.59. The Morgan fingerprint density at radius 3 is 2.52 bits per heavy atom. The molecule has 0 N–H and O–H groups in total. The highest BCUT2D eigenvalue weighted by Gasteiger charge is 2.19. The number of hydrogen-bond acceptors (Lipinski definition) is 6. The van der Waals surface area contributed by atoms with Gasteiger partial charge in [0.15, 0.2) is 11.4 Å². The molecule has 0 saturated heterocycles. The molecule has 0 unspecified atom stereocenters. The molecule has 0 bridgehead atoms. The number of esters is 2. The van der Waals surface area contributed by atoms with Gasteiger partial charge in [-0.05, 0) is 36.8 Å². The Labute approximate surface area is 156 Å². The van der Waals surface area contributed by atoms with Crippen LogP contribution in [0.15, 0.2) is 54.6 Å². The molecular weight excluding hydrogens is 346 g/mol. The van der Waals surface area contributed by atoms with Crippen molar-refractivity contribution in [3.8, 4) is 11.5 Å². The van der Waals surface area contributed by atoms with Crippen LogP contribution in [0.3, 0.4) is 0 Å². The predicted molar refractivity (Wildman–Crippen MR) is 99.8 cm³/mol. The quantitative estimate of drug-likeness (QED) is 0.617. The number of carbonyl (C=O) groups excluding carboxylic acids is 2. The van der Waals surface area contributed by atoms with E-state index in [1.54, 1.807) is 31.2 Å². The maximum Gasteiger partial charge on any atom is 0.360 e. The van der Waals surface area contributed by atoms with Crippen LogP contribution in [0.1, 0.15) is 29.9 Å². The Bertz CT molecular complexity index is 969. The summed E-state index contributed by atoms with van der Waals surface area (Å²) in [5, 5.41) is 0.685. The second-order valence-electron chi connectivity index (χ2n) is 5.78. The van der Waals surface area contributed by atoms with Crippen LogP contribution in [0.4, 0.5) is 0 Å². The van der Waals surface area contributed by atoms with Crippen molar-refractivity contribution in [3.63, 3.8) is 0 Å². The molecule has 6 heteroatoms. The van der Waals surface area contributed by atoms with Crippen LogP contribution in [0.25, 0.3) is 10.9 Å². The molecule has 6 nitrogen and oxygen atoms in total. The summed E-state index contributed by atoms with van der Waals surface area (Å²) in [4.78, 5) is 27.8. The van der Waals surface area contributed by atoms with Gasteiger partial charge in [-0.15, -0.1) is 0 Å². The third-order valence-electron chi connectivity index (χ3n) is 3.72. The fourth-order valence-electron chi connectivity index (χ4n) is 2.54. The monoisotopic (exact) mass is 365 g/mol. The maximum atomic E-state index is 12.1. The molecule has 1 aromatic heterocycles. The molecule has 1 heterocycles. The van der Waals surface area contributed by atoms with Crippen molar-refractivity contribution in [2.75, 3.05) is 6.61 Å². The van der Waals surface area contributed by atoms with Gasteiger partial charge >= 0.3 is 11.9 Å². The number of hydrogen-bond donors (Lipinski definition) is 0. The fraction of sp³-hybridized carbons (Fsp3) is 0.190. The van der Waals surface area contributed by atoms with E-state index < -0.39 is 11.9 Å². The molecule has 0 atom stereocenters. The largest absolute Gasteiger partial charge is 0.489 e. The third-order valence-corrected chi connectivity index (χ3v) is 3.72. The van der Waals surface area contributed by atoms with Gasteiger partial charge in [-0.3, -0.25) is 4.79 Å². The minimum Gasteiger partial charge on any atom is -0.489 e. The van der Waals surface area contributed by atoms with E-state index in [1.165, 1.54) is 6.92 Å². The molecule has 0 amide bonds. The van der Waals surface area contributed by atoms with Crippen LogP contribution in [0.2, 0.25) is 0 Å². The van der Waals surface area contributed by atoms with E-state index in [9.17, 15) is 9.59 Å². The first-order chi connectivity index (χ1) is 13.1. The second kappa shape index (κ2) is 8.31. The molecule has 0 spiro atoms. The summed E-state index contributed by atoms with van der Waals surface area (Å²) < 4.78 is 16.0. The van der Waals surface area contributed by atoms with Gasteiger partial charge in [0.2, 0.25) is 0 Å². The third kappa shape index (κ3) is 4.61. The maximum absolute atomic E-state index is 12.1. The zero-order chi connectivity index (χ0) is 19.2. The lowest BCUT2D eigenvalue weighted by Gasteiger charge is -2.11. The van der Waals surface area contributed by atoms with Crippen LogP contribution >= 0.6 is 0 Å². The first-order valence-corrected chi connectivity index (χ1v) is 8.54. The van der Waals surface area contributed by atoms with Gasteiger partial charge in [-0.2, -0.15) is 0 Å². The summed E-state index contributed by atoms with van der Waals surface area (Å²) in [6.07, 6.45) is 0. The zero-order valence-corrected chi connectivity index (χ0v) is 15.1. The van der Waals surface area contributed by atoms with E-state index in [-0.39, 0.29) is 18.1 Å². The molecule has 2 aromatic carbocycles. The number of fused-ring (bicyclic) bond motifs is 1. The summed E-state index contributed by atoms with van der Waals surface area (Å²) in [6.45, 7) is 3.58. The van der Waals surface area contributed by atoms with Crippen LogP contribution in [0, 0.1) is 0 Å². The van der Waals surface area contributed by atoms with E-state index in [2.05, 4.69) is 4.98 Å². The summed E-state index contributed by atoms with van der Waals surface area (Å²) in [7, 11) is 0. The molecule has 3 rings (SSSR count). The van der Waals surface area contributed by atoms with Gasteiger partial charge in [0, 0.05) is 12.3 Å². The highest BCUT2D eigenvalue weighted by molar-refractivity contribution is 5.95. The molecule has 0 radical (unpaired) electrons. The summed E-state index contributed by atoms with van der Waals surface area (Å²) >= 11 is 0. The minimum atomic E-state index is -0.639. The normalized spacial score (nSPS) is 10.4. The Balaban J connectivity index is 1.91. The van der Waals surface area contributed by atoms with E-state index in [1.807, 2.05) is 30.3 Å². The van der Waals surface area contributed by atoms with Crippen LogP contribution in [0.5, 0.6) is 11.5 Å². The Kier molecular flexibility index (Phi) is 5.66. The SMILES string of the molecule is CCOC(=O)c1nc2ccc(OCc3ccccc3)cc2cc1OC(C)=O. The Morgan fingerprint density at radius 2 is 1.81 bits per heavy atom. The number of benzene rings is 2. The molecule has 0 aliphatic rings. The highest BCUT2D eigenvalue weighted by atomic mass is 16.5. The van der Waals surface area contributed by atoms with Gasteiger partial charge in [0.1, 0.15) is 12.4 Å². The average molecular weight is 365 g/mol. The van der Waals surface area contributed by atoms with Crippen molar-refractivity contribution >= 4 is 22.8 Å². The lowest BCUT2D eigenvalue weighted by Crippen LogP contribution is -2.12. The summed E-state index contributed by atoms with van der Waals surface area (Å²) in [5.74, 6) is -0.474. The fourth-order valence-corrected chi connectivity index (χ4v) is 2.54. The number of rotatable bonds is 6. The molecule has 0 fully saturated rings. The number of aromatic nitrogens is 1. The topological polar surface area (TPSA) is 74.7 Å². The van der Waals surface area contributed by atoms with Gasteiger partial charge in [-0.25, -0.2) is 9.78 Å². The second-order valence-corrected chi connectivity index (χ2v) is 5.78. The van der Waals surface area contributed by atoms with E-state index in [4.69, 9.17) is 14.2 Å². The van der Waals surface area contributed by atoms with Crippen LogP contribution in [-0.2, 0) is 16.1 Å². The number of nitrogens with zero attached hydrogens (tertiary/aromatic N) is 1. The first kappa shape index (κ1) is 18.4. The van der Waals surface area contributed by atoms with Gasteiger partial charge < -0.3 is 14.2 Å². The average Bonchev–Trinajstić information content (AvgIpc) is 2.66. The van der Waals surface area contributed by atoms with Crippen molar-refractivity contribution in [3.05, 3.63) is 65.9 Å². The smallest absolute Gasteiger partial charge is 0.360 e. The van der Waals surface area contributed by atoms with E-state index in [0.717, 1.165) is 5.56 Å². The Hall–Kier alpha value is -3.41. The zero-order valence-electron chi connectivity index (χ0n) is 15.1. The van der Waals surface area contributed by atoms with Crippen molar-refractivity contribution in [1.82, 2.24) is 4.98 Å². The van der Waals surface area contributed by atoms with Gasteiger partial charge in [-0.1, -0.05) is 30.3 Å². The molecule has 0 aliphatic heterocycles. The van der Waals surface area contributed by atoms with Crippen LogP contribution < -0.4 is 9.47 Å². The molecule has 0 aliphatic carbocycles. The lowest BCUT2D eigenvalue weighted by atomic mass is 10.1. The molecular formula is C21H19NO5. The highest BCUT2D eigenvalue weighted by Crippen LogP contribution is 2.27. The minimum absolute atomic E-state index is 0.0301. The van der Waals surface area contributed by atoms with E-state index >= 15 is 0 Å².